The monoisotopic (exact) mass is 306 g/mol. The van der Waals surface area contributed by atoms with Gasteiger partial charge >= 0.3 is 0 Å². The van der Waals surface area contributed by atoms with E-state index in [1.54, 1.807) is 0 Å². The fourth-order valence-corrected chi connectivity index (χ4v) is 12.6. The normalized spacial score (nSPS) is 61.7. The highest BCUT2D eigenvalue weighted by Gasteiger charge is 2.90. The van der Waals surface area contributed by atoms with Gasteiger partial charge in [-0.3, -0.25) is 4.79 Å². The minimum absolute atomic E-state index is 0.00699. The Labute approximate surface area is 129 Å². The van der Waals surface area contributed by atoms with Gasteiger partial charge in [-0.25, -0.2) is 0 Å². The first-order chi connectivity index (χ1) is 9.86. The first-order valence-electron chi connectivity index (χ1n) is 8.50. The molecule has 4 rings (SSSR count). The van der Waals surface area contributed by atoms with Gasteiger partial charge in [0.2, 0.25) is 0 Å². The SMILES string of the molecule is C=CC1CC[C@]2(C)C(C)CC34C(=O)CCC3([C@@H](C)C1O)P42. The van der Waals surface area contributed by atoms with Gasteiger partial charge in [0.15, 0.2) is 0 Å². The molecule has 0 amide bonds. The zero-order valence-electron chi connectivity index (χ0n) is 13.4. The minimum Gasteiger partial charge on any atom is -0.392 e. The Bertz CT molecular complexity index is 531. The molecular formula is C18H27O2P. The summed E-state index contributed by atoms with van der Waals surface area (Å²) in [7, 11) is -0.254. The Kier molecular flexibility index (Phi) is 2.75. The van der Waals surface area contributed by atoms with Gasteiger partial charge in [-0.2, -0.15) is 0 Å². The van der Waals surface area contributed by atoms with E-state index in [4.69, 9.17) is 0 Å². The molecule has 8 atom stereocenters. The van der Waals surface area contributed by atoms with Crippen molar-refractivity contribution in [3.05, 3.63) is 12.7 Å². The zero-order valence-corrected chi connectivity index (χ0v) is 14.3. The van der Waals surface area contributed by atoms with Crippen molar-refractivity contribution in [2.75, 3.05) is 0 Å². The molecule has 4 fully saturated rings. The molecular weight excluding hydrogens is 279 g/mol. The Morgan fingerprint density at radius 2 is 2.10 bits per heavy atom. The molecule has 0 aromatic carbocycles. The van der Waals surface area contributed by atoms with Crippen molar-refractivity contribution >= 4 is 13.7 Å². The highest BCUT2D eigenvalue weighted by atomic mass is 31.1. The fraction of sp³-hybridized carbons (Fsp3) is 0.833. The van der Waals surface area contributed by atoms with Crippen LogP contribution >= 0.6 is 7.92 Å². The van der Waals surface area contributed by atoms with Crippen molar-refractivity contribution in [2.24, 2.45) is 17.8 Å². The van der Waals surface area contributed by atoms with Crippen LogP contribution in [0.15, 0.2) is 12.7 Å². The van der Waals surface area contributed by atoms with Crippen molar-refractivity contribution in [1.82, 2.24) is 0 Å². The largest absolute Gasteiger partial charge is 0.392 e. The standard InChI is InChI=1S/C18H27O2P/c1-5-13-6-8-16(4)11(2)10-18-14(19)7-9-17(18,21(16)18)12(3)15(13)20/h5,11-13,15,20H,1,6-10H2,2-4H3/t11?,12-,13?,15?,16+,17?,18?,21?/m0/s1. The topological polar surface area (TPSA) is 37.3 Å². The summed E-state index contributed by atoms with van der Waals surface area (Å²) >= 11 is 0. The van der Waals surface area contributed by atoms with Gasteiger partial charge in [0.25, 0.3) is 0 Å². The van der Waals surface area contributed by atoms with Crippen molar-refractivity contribution in [3.8, 4) is 0 Å². The summed E-state index contributed by atoms with van der Waals surface area (Å²) in [4.78, 5) is 12.8. The molecule has 4 aliphatic rings. The maximum atomic E-state index is 12.8. The van der Waals surface area contributed by atoms with Crippen LogP contribution in [0.3, 0.4) is 0 Å². The lowest BCUT2D eigenvalue weighted by atomic mass is 9.70. The van der Waals surface area contributed by atoms with E-state index in [-0.39, 0.29) is 36.2 Å². The molecule has 3 heterocycles. The molecule has 116 valence electrons. The first kappa shape index (κ1) is 14.4. The van der Waals surface area contributed by atoms with Crippen LogP contribution in [0.1, 0.15) is 52.9 Å². The molecule has 0 radical (unpaired) electrons. The molecule has 0 bridgehead atoms. The third-order valence-electron chi connectivity index (χ3n) is 7.81. The minimum atomic E-state index is -0.307. The Balaban J connectivity index is 1.85. The number of hydrogen-bond acceptors (Lipinski definition) is 2. The highest BCUT2D eigenvalue weighted by Crippen LogP contribution is 3.00. The van der Waals surface area contributed by atoms with Crippen LogP contribution in [0.5, 0.6) is 0 Å². The average Bonchev–Trinajstić information content (AvgIpc) is 2.84. The van der Waals surface area contributed by atoms with Crippen molar-refractivity contribution in [1.29, 1.82) is 0 Å². The van der Waals surface area contributed by atoms with Crippen molar-refractivity contribution in [2.45, 2.75) is 74.4 Å². The average molecular weight is 306 g/mol. The lowest BCUT2D eigenvalue weighted by molar-refractivity contribution is -0.119. The van der Waals surface area contributed by atoms with Gasteiger partial charge in [-0.05, 0) is 42.7 Å². The molecule has 1 N–H and O–H groups in total. The first-order valence-corrected chi connectivity index (χ1v) is 9.85. The lowest BCUT2D eigenvalue weighted by Crippen LogP contribution is -2.45. The number of hydrogen-bond donors (Lipinski definition) is 1. The van der Waals surface area contributed by atoms with Crippen molar-refractivity contribution in [3.63, 3.8) is 0 Å². The van der Waals surface area contributed by atoms with E-state index in [0.717, 1.165) is 32.1 Å². The third-order valence-corrected chi connectivity index (χ3v) is 12.7. The van der Waals surface area contributed by atoms with Crippen LogP contribution in [-0.4, -0.2) is 32.5 Å². The van der Waals surface area contributed by atoms with E-state index in [0.29, 0.717) is 16.9 Å². The molecule has 3 heteroatoms. The molecule has 0 aromatic heterocycles. The van der Waals surface area contributed by atoms with Gasteiger partial charge in [-0.15, -0.1) is 6.58 Å². The van der Waals surface area contributed by atoms with Gasteiger partial charge in [0, 0.05) is 17.5 Å². The van der Waals surface area contributed by atoms with E-state index in [9.17, 15) is 9.90 Å². The fourth-order valence-electron chi connectivity index (χ4n) is 6.54. The van der Waals surface area contributed by atoms with Gasteiger partial charge in [0.05, 0.1) is 11.3 Å². The third kappa shape index (κ3) is 1.29. The summed E-state index contributed by atoms with van der Waals surface area (Å²) in [6.07, 6.45) is 6.76. The molecule has 6 unspecified atom stereocenters. The Morgan fingerprint density at radius 3 is 2.76 bits per heavy atom. The molecule has 21 heavy (non-hydrogen) atoms. The zero-order chi connectivity index (χ0) is 15.2. The van der Waals surface area contributed by atoms with Gasteiger partial charge < -0.3 is 5.11 Å². The van der Waals surface area contributed by atoms with Crippen LogP contribution in [0.4, 0.5) is 0 Å². The van der Waals surface area contributed by atoms with Crippen LogP contribution < -0.4 is 0 Å². The summed E-state index contributed by atoms with van der Waals surface area (Å²) in [5.41, 5.74) is 0. The second-order valence-electron chi connectivity index (χ2n) is 8.22. The molecule has 0 aromatic rings. The molecule has 2 spiro atoms. The number of aliphatic hydroxyl groups excluding tert-OH is 1. The van der Waals surface area contributed by atoms with Crippen LogP contribution in [0.25, 0.3) is 0 Å². The number of aliphatic hydroxyl groups is 1. The quantitative estimate of drug-likeness (QED) is 0.592. The van der Waals surface area contributed by atoms with E-state index in [1.165, 1.54) is 0 Å². The molecule has 1 saturated carbocycles. The molecule has 2 nitrogen and oxygen atoms in total. The highest BCUT2D eigenvalue weighted by molar-refractivity contribution is 7.73. The molecule has 3 saturated heterocycles. The van der Waals surface area contributed by atoms with E-state index >= 15 is 0 Å². The van der Waals surface area contributed by atoms with Crippen LogP contribution in [-0.2, 0) is 4.79 Å². The Morgan fingerprint density at radius 1 is 1.38 bits per heavy atom. The maximum absolute atomic E-state index is 12.8. The predicted molar refractivity (Wildman–Crippen MR) is 86.9 cm³/mol. The summed E-state index contributed by atoms with van der Waals surface area (Å²) in [5.74, 6) is 1.65. The van der Waals surface area contributed by atoms with Gasteiger partial charge in [0.1, 0.15) is 5.78 Å². The van der Waals surface area contributed by atoms with E-state index in [1.807, 2.05) is 6.08 Å². The summed E-state index contributed by atoms with van der Waals surface area (Å²) in [5, 5.41) is 11.4. The Hall–Kier alpha value is -0.200. The van der Waals surface area contributed by atoms with E-state index < -0.39 is 0 Å². The van der Waals surface area contributed by atoms with Crippen molar-refractivity contribution < 1.29 is 9.90 Å². The smallest absolute Gasteiger partial charge is 0.144 e. The van der Waals surface area contributed by atoms with Crippen LogP contribution in [0.2, 0.25) is 0 Å². The number of Topliss-reactive ketones (excluding diaryl/α,β-unsaturated/α-hetero) is 1. The number of rotatable bonds is 1. The van der Waals surface area contributed by atoms with Gasteiger partial charge in [-0.1, -0.05) is 34.8 Å². The predicted octanol–water partition coefficient (Wildman–Crippen LogP) is 3.71. The lowest BCUT2D eigenvalue weighted by Gasteiger charge is -2.44. The number of carbonyl (C=O) groups is 1. The second-order valence-corrected chi connectivity index (χ2v) is 11.5. The molecule has 1 aliphatic carbocycles. The summed E-state index contributed by atoms with van der Waals surface area (Å²) in [6.45, 7) is 11.0. The second kappa shape index (κ2) is 4.01. The van der Waals surface area contributed by atoms with Crippen LogP contribution in [0, 0.1) is 17.8 Å². The summed E-state index contributed by atoms with van der Waals surface area (Å²) < 4.78 is 0. The maximum Gasteiger partial charge on any atom is 0.144 e. The number of ketones is 1. The number of carbonyl (C=O) groups excluding carboxylic acids is 1. The summed E-state index contributed by atoms with van der Waals surface area (Å²) in [6, 6.07) is 0. The van der Waals surface area contributed by atoms with E-state index in [2.05, 4.69) is 27.4 Å². The molecule has 3 aliphatic heterocycles.